The van der Waals surface area contributed by atoms with Crippen molar-refractivity contribution in [2.75, 3.05) is 36.8 Å². The Balaban J connectivity index is 1.33. The summed E-state index contributed by atoms with van der Waals surface area (Å²) in [6.45, 7) is 8.52. The van der Waals surface area contributed by atoms with E-state index in [1.54, 1.807) is 4.90 Å². The zero-order valence-electron chi connectivity index (χ0n) is 19.1. The molecule has 0 radical (unpaired) electrons. The third kappa shape index (κ3) is 5.47. The van der Waals surface area contributed by atoms with E-state index in [0.717, 1.165) is 35.5 Å². The van der Waals surface area contributed by atoms with Crippen molar-refractivity contribution in [2.24, 2.45) is 0 Å². The first kappa shape index (κ1) is 23.5. The van der Waals surface area contributed by atoms with Gasteiger partial charge in [-0.15, -0.1) is 0 Å². The number of benzene rings is 2. The Labute approximate surface area is 202 Å². The van der Waals surface area contributed by atoms with Gasteiger partial charge in [0.2, 0.25) is 11.8 Å². The lowest BCUT2D eigenvalue weighted by molar-refractivity contribution is -0.128. The van der Waals surface area contributed by atoms with Crippen molar-refractivity contribution in [1.29, 1.82) is 0 Å². The van der Waals surface area contributed by atoms with Crippen LogP contribution in [0.25, 0.3) is 11.5 Å². The number of anilines is 1. The van der Waals surface area contributed by atoms with Gasteiger partial charge in [-0.3, -0.25) is 9.00 Å². The summed E-state index contributed by atoms with van der Waals surface area (Å²) >= 11 is 6.16. The van der Waals surface area contributed by atoms with Gasteiger partial charge in [0.1, 0.15) is 11.5 Å². The van der Waals surface area contributed by atoms with Crippen molar-refractivity contribution < 1.29 is 13.4 Å². The maximum absolute atomic E-state index is 12.8. The summed E-state index contributed by atoms with van der Waals surface area (Å²) in [4.78, 5) is 21.4. The summed E-state index contributed by atoms with van der Waals surface area (Å²) < 4.78 is 18.6. The molecule has 1 aromatic heterocycles. The quantitative estimate of drug-likeness (QED) is 0.513. The first-order valence-corrected chi connectivity index (χ1v) is 12.8. The van der Waals surface area contributed by atoms with Gasteiger partial charge in [-0.25, -0.2) is 4.98 Å². The molecule has 0 bridgehead atoms. The number of nitrogens with zero attached hydrogens (tertiary/aromatic N) is 3. The van der Waals surface area contributed by atoms with Gasteiger partial charge >= 0.3 is 0 Å². The van der Waals surface area contributed by atoms with Crippen molar-refractivity contribution in [1.82, 2.24) is 9.88 Å². The Morgan fingerprint density at radius 2 is 1.79 bits per heavy atom. The summed E-state index contributed by atoms with van der Waals surface area (Å²) in [6, 6.07) is 13.7. The minimum absolute atomic E-state index is 0.0117. The molecule has 0 N–H and O–H groups in total. The Bertz CT molecular complexity index is 1190. The SMILES string of the molecule is Cc1ccccc1-c1nc(C[S@](=O)CC(=O)N2CCN(c3cc(Cl)ccc3C)CC2)c(C)o1. The highest BCUT2D eigenvalue weighted by Crippen LogP contribution is 2.26. The van der Waals surface area contributed by atoms with Gasteiger partial charge in [0, 0.05) is 53.3 Å². The Hall–Kier alpha value is -2.64. The summed E-state index contributed by atoms with van der Waals surface area (Å²) in [6.07, 6.45) is 0. The fourth-order valence-electron chi connectivity index (χ4n) is 4.04. The van der Waals surface area contributed by atoms with Gasteiger partial charge < -0.3 is 14.2 Å². The minimum atomic E-state index is -1.36. The first-order chi connectivity index (χ1) is 15.8. The van der Waals surface area contributed by atoms with Gasteiger partial charge in [0.15, 0.2) is 0 Å². The molecule has 0 spiro atoms. The molecule has 2 aromatic carbocycles. The van der Waals surface area contributed by atoms with Gasteiger partial charge in [-0.2, -0.15) is 0 Å². The van der Waals surface area contributed by atoms with Crippen LogP contribution in [0.15, 0.2) is 46.9 Å². The number of amides is 1. The molecule has 1 fully saturated rings. The normalized spacial score (nSPS) is 15.0. The number of piperazine rings is 1. The van der Waals surface area contributed by atoms with Crippen molar-refractivity contribution >= 4 is 34.0 Å². The number of rotatable bonds is 6. The summed E-state index contributed by atoms with van der Waals surface area (Å²) in [5, 5.41) is 0.707. The van der Waals surface area contributed by atoms with Crippen molar-refractivity contribution in [2.45, 2.75) is 26.5 Å². The smallest absolute Gasteiger partial charge is 0.235 e. The second-order valence-electron chi connectivity index (χ2n) is 8.36. The van der Waals surface area contributed by atoms with Crippen LogP contribution in [0.1, 0.15) is 22.6 Å². The Kier molecular flexibility index (Phi) is 7.20. The second-order valence-corrected chi connectivity index (χ2v) is 10.3. The van der Waals surface area contributed by atoms with Crippen LogP contribution in [0.5, 0.6) is 0 Å². The van der Waals surface area contributed by atoms with Crippen LogP contribution < -0.4 is 4.90 Å². The van der Waals surface area contributed by atoms with E-state index in [4.69, 9.17) is 16.0 Å². The molecule has 0 saturated carbocycles. The topological polar surface area (TPSA) is 66.7 Å². The van der Waals surface area contributed by atoms with Gasteiger partial charge in [-0.05, 0) is 50.1 Å². The van der Waals surface area contributed by atoms with Crippen molar-refractivity contribution in [3.05, 3.63) is 70.1 Å². The van der Waals surface area contributed by atoms with E-state index < -0.39 is 10.8 Å². The Morgan fingerprint density at radius 1 is 1.06 bits per heavy atom. The van der Waals surface area contributed by atoms with Crippen LogP contribution in [0.2, 0.25) is 5.02 Å². The average molecular weight is 486 g/mol. The highest BCUT2D eigenvalue weighted by molar-refractivity contribution is 7.84. The van der Waals surface area contributed by atoms with Crippen LogP contribution in [0.4, 0.5) is 5.69 Å². The molecular formula is C25H28ClN3O3S. The maximum Gasteiger partial charge on any atom is 0.235 e. The number of hydrogen-bond donors (Lipinski definition) is 0. The molecule has 2 heterocycles. The van der Waals surface area contributed by atoms with E-state index in [9.17, 15) is 9.00 Å². The fourth-order valence-corrected chi connectivity index (χ4v) is 5.34. The predicted molar refractivity (Wildman–Crippen MR) is 133 cm³/mol. The van der Waals surface area contributed by atoms with Gasteiger partial charge in [-0.1, -0.05) is 35.9 Å². The molecule has 1 aliphatic heterocycles. The largest absolute Gasteiger partial charge is 0.441 e. The molecule has 1 saturated heterocycles. The van der Waals surface area contributed by atoms with Crippen LogP contribution in [0, 0.1) is 20.8 Å². The standard InChI is InChI=1S/C25H28ClN3O3S/c1-17-6-4-5-7-21(17)25-27-22(19(3)32-25)15-33(31)16-24(30)29-12-10-28(11-13-29)23-14-20(26)9-8-18(23)2/h4-9,14H,10-13,15-16H2,1-3H3/t33-/m0/s1. The molecule has 1 aliphatic rings. The zero-order valence-corrected chi connectivity index (χ0v) is 20.7. The van der Waals surface area contributed by atoms with E-state index in [2.05, 4.69) is 16.8 Å². The number of carbonyl (C=O) groups is 1. The highest BCUT2D eigenvalue weighted by Gasteiger charge is 2.24. The third-order valence-electron chi connectivity index (χ3n) is 5.99. The van der Waals surface area contributed by atoms with Crippen LogP contribution in [-0.2, 0) is 21.3 Å². The van der Waals surface area contributed by atoms with E-state index >= 15 is 0 Å². The minimum Gasteiger partial charge on any atom is -0.441 e. The molecule has 174 valence electrons. The molecule has 3 aromatic rings. The monoisotopic (exact) mass is 485 g/mol. The maximum atomic E-state index is 12.8. The summed E-state index contributed by atoms with van der Waals surface area (Å²) in [5.41, 5.74) is 4.88. The highest BCUT2D eigenvalue weighted by atomic mass is 35.5. The molecule has 0 unspecified atom stereocenters. The third-order valence-corrected chi connectivity index (χ3v) is 7.39. The zero-order chi connectivity index (χ0) is 23.5. The lowest BCUT2D eigenvalue weighted by Crippen LogP contribution is -2.50. The van der Waals surface area contributed by atoms with E-state index in [0.29, 0.717) is 35.5 Å². The number of aryl methyl sites for hydroxylation is 3. The van der Waals surface area contributed by atoms with E-state index in [-0.39, 0.29) is 17.4 Å². The fraction of sp³-hybridized carbons (Fsp3) is 0.360. The van der Waals surface area contributed by atoms with Crippen LogP contribution in [-0.4, -0.2) is 51.9 Å². The van der Waals surface area contributed by atoms with E-state index in [1.165, 1.54) is 0 Å². The number of hydrogen-bond acceptors (Lipinski definition) is 5. The predicted octanol–water partition coefficient (Wildman–Crippen LogP) is 4.52. The lowest BCUT2D eigenvalue weighted by atomic mass is 10.1. The summed E-state index contributed by atoms with van der Waals surface area (Å²) in [5.74, 6) is 1.27. The molecule has 4 rings (SSSR count). The molecule has 1 atom stereocenters. The van der Waals surface area contributed by atoms with Crippen molar-refractivity contribution in [3.8, 4) is 11.5 Å². The molecule has 33 heavy (non-hydrogen) atoms. The first-order valence-electron chi connectivity index (χ1n) is 11.0. The molecular weight excluding hydrogens is 458 g/mol. The molecule has 6 nitrogen and oxygen atoms in total. The number of halogens is 1. The van der Waals surface area contributed by atoms with Crippen LogP contribution in [0.3, 0.4) is 0 Å². The molecule has 0 aliphatic carbocycles. The van der Waals surface area contributed by atoms with Crippen LogP contribution >= 0.6 is 11.6 Å². The number of aromatic nitrogens is 1. The molecule has 1 amide bonds. The van der Waals surface area contributed by atoms with Gasteiger partial charge in [0.05, 0.1) is 11.4 Å². The van der Waals surface area contributed by atoms with Gasteiger partial charge in [0.25, 0.3) is 0 Å². The second kappa shape index (κ2) is 10.1. The lowest BCUT2D eigenvalue weighted by Gasteiger charge is -2.36. The molecule has 8 heteroatoms. The van der Waals surface area contributed by atoms with Crippen molar-refractivity contribution in [3.63, 3.8) is 0 Å². The van der Waals surface area contributed by atoms with E-state index in [1.807, 2.05) is 56.3 Å². The number of oxazole rings is 1. The Morgan fingerprint density at radius 3 is 2.52 bits per heavy atom. The number of carbonyl (C=O) groups excluding carboxylic acids is 1. The summed E-state index contributed by atoms with van der Waals surface area (Å²) in [7, 11) is -1.36. The average Bonchev–Trinajstić information content (AvgIpc) is 3.15.